The molecule has 3 nitrogen and oxygen atoms in total. The highest BCUT2D eigenvalue weighted by Crippen LogP contribution is 2.32. The number of benzene rings is 2. The summed E-state index contributed by atoms with van der Waals surface area (Å²) in [4.78, 5) is 0. The molecular weight excluding hydrogens is 302 g/mol. The second-order valence-corrected chi connectivity index (χ2v) is 4.84. The van der Waals surface area contributed by atoms with Crippen LogP contribution in [0.1, 0.15) is 0 Å². The first-order valence-corrected chi connectivity index (χ1v) is 6.44. The number of hydrogen-bond donors (Lipinski definition) is 0. The van der Waals surface area contributed by atoms with Gasteiger partial charge in [0, 0.05) is 5.56 Å². The Kier molecular flexibility index (Phi) is 3.42. The minimum atomic E-state index is -0.592. The van der Waals surface area contributed by atoms with Crippen LogP contribution in [0.4, 0.5) is 4.39 Å². The summed E-state index contributed by atoms with van der Waals surface area (Å²) in [5, 5.41) is 8.00. The van der Waals surface area contributed by atoms with Crippen molar-refractivity contribution in [2.24, 2.45) is 0 Å². The van der Waals surface area contributed by atoms with Gasteiger partial charge in [-0.1, -0.05) is 41.4 Å². The molecule has 3 aromatic rings. The number of halogens is 3. The van der Waals surface area contributed by atoms with Gasteiger partial charge in [-0.25, -0.2) is 4.39 Å². The second kappa shape index (κ2) is 5.23. The number of aromatic nitrogens is 2. The van der Waals surface area contributed by atoms with Crippen molar-refractivity contribution in [1.29, 1.82) is 0 Å². The Morgan fingerprint density at radius 3 is 2.35 bits per heavy atom. The van der Waals surface area contributed by atoms with E-state index in [2.05, 4.69) is 10.2 Å². The fourth-order valence-electron chi connectivity index (χ4n) is 1.72. The van der Waals surface area contributed by atoms with Crippen molar-refractivity contribution in [1.82, 2.24) is 10.2 Å². The number of nitrogens with zero attached hydrogens (tertiary/aromatic N) is 2. The van der Waals surface area contributed by atoms with Crippen LogP contribution in [0.15, 0.2) is 46.9 Å². The fourth-order valence-corrected chi connectivity index (χ4v) is 2.18. The van der Waals surface area contributed by atoms with Crippen LogP contribution in [0.3, 0.4) is 0 Å². The third kappa shape index (κ3) is 2.40. The SMILES string of the molecule is Fc1cc(-c2nnc(-c3ccccc3)o2)c(Cl)cc1Cl. The van der Waals surface area contributed by atoms with E-state index in [4.69, 9.17) is 27.6 Å². The van der Waals surface area contributed by atoms with Gasteiger partial charge in [0.2, 0.25) is 11.8 Å². The highest BCUT2D eigenvalue weighted by atomic mass is 35.5. The van der Waals surface area contributed by atoms with E-state index in [-0.39, 0.29) is 15.9 Å². The highest BCUT2D eigenvalue weighted by molar-refractivity contribution is 6.36. The molecule has 0 spiro atoms. The molecule has 0 amide bonds. The van der Waals surface area contributed by atoms with Crippen LogP contribution in [-0.2, 0) is 0 Å². The average molecular weight is 309 g/mol. The summed E-state index contributed by atoms with van der Waals surface area (Å²) < 4.78 is 19.0. The third-order valence-electron chi connectivity index (χ3n) is 2.69. The van der Waals surface area contributed by atoms with Crippen LogP contribution in [-0.4, -0.2) is 10.2 Å². The molecule has 3 rings (SSSR count). The van der Waals surface area contributed by atoms with Gasteiger partial charge in [-0.15, -0.1) is 10.2 Å². The zero-order valence-electron chi connectivity index (χ0n) is 9.98. The first kappa shape index (κ1) is 13.1. The van der Waals surface area contributed by atoms with Gasteiger partial charge < -0.3 is 4.42 Å². The lowest BCUT2D eigenvalue weighted by atomic mass is 10.2. The predicted octanol–water partition coefficient (Wildman–Crippen LogP) is 4.85. The lowest BCUT2D eigenvalue weighted by Gasteiger charge is -2.01. The van der Waals surface area contributed by atoms with E-state index in [9.17, 15) is 4.39 Å². The summed E-state index contributed by atoms with van der Waals surface area (Å²) in [5.74, 6) is -0.109. The normalized spacial score (nSPS) is 10.8. The van der Waals surface area contributed by atoms with Crippen molar-refractivity contribution in [3.05, 3.63) is 58.3 Å². The molecule has 0 fully saturated rings. The topological polar surface area (TPSA) is 38.9 Å². The van der Waals surface area contributed by atoms with Gasteiger partial charge in [0.25, 0.3) is 0 Å². The largest absolute Gasteiger partial charge is 0.416 e. The molecular formula is C14H7Cl2FN2O. The number of hydrogen-bond acceptors (Lipinski definition) is 3. The molecule has 1 heterocycles. The van der Waals surface area contributed by atoms with Crippen molar-refractivity contribution in [3.8, 4) is 22.9 Å². The van der Waals surface area contributed by atoms with Crippen molar-refractivity contribution in [2.45, 2.75) is 0 Å². The van der Waals surface area contributed by atoms with E-state index in [1.54, 1.807) is 0 Å². The minimum Gasteiger partial charge on any atom is -0.416 e. The minimum absolute atomic E-state index is 0.0541. The maximum Gasteiger partial charge on any atom is 0.249 e. The zero-order valence-corrected chi connectivity index (χ0v) is 11.5. The maximum absolute atomic E-state index is 13.5. The average Bonchev–Trinajstić information content (AvgIpc) is 2.93. The van der Waals surface area contributed by atoms with Gasteiger partial charge in [0.15, 0.2) is 0 Å². The van der Waals surface area contributed by atoms with E-state index < -0.39 is 5.82 Å². The van der Waals surface area contributed by atoms with E-state index in [1.807, 2.05) is 30.3 Å². The summed E-state index contributed by atoms with van der Waals surface area (Å²) in [6.07, 6.45) is 0. The van der Waals surface area contributed by atoms with Crippen molar-refractivity contribution >= 4 is 23.2 Å². The monoisotopic (exact) mass is 308 g/mol. The van der Waals surface area contributed by atoms with Crippen LogP contribution >= 0.6 is 23.2 Å². The Morgan fingerprint density at radius 1 is 0.900 bits per heavy atom. The van der Waals surface area contributed by atoms with E-state index >= 15 is 0 Å². The Balaban J connectivity index is 2.05. The molecule has 20 heavy (non-hydrogen) atoms. The van der Waals surface area contributed by atoms with E-state index in [1.165, 1.54) is 12.1 Å². The molecule has 100 valence electrons. The lowest BCUT2D eigenvalue weighted by molar-refractivity contribution is 0.582. The molecule has 1 aromatic heterocycles. The summed E-state index contributed by atoms with van der Waals surface area (Å²) in [5.41, 5.74) is 1.08. The highest BCUT2D eigenvalue weighted by Gasteiger charge is 2.15. The molecule has 0 aliphatic heterocycles. The van der Waals surface area contributed by atoms with E-state index in [0.717, 1.165) is 5.56 Å². The zero-order chi connectivity index (χ0) is 14.1. The first-order chi connectivity index (χ1) is 9.65. The van der Waals surface area contributed by atoms with Crippen molar-refractivity contribution in [2.75, 3.05) is 0 Å². The van der Waals surface area contributed by atoms with Crippen LogP contribution < -0.4 is 0 Å². The van der Waals surface area contributed by atoms with Crippen LogP contribution in [0.5, 0.6) is 0 Å². The molecule has 0 bridgehead atoms. The molecule has 0 N–H and O–H groups in total. The molecule has 0 aliphatic rings. The Hall–Kier alpha value is -1.91. The second-order valence-electron chi connectivity index (χ2n) is 4.02. The third-order valence-corrected chi connectivity index (χ3v) is 3.29. The Morgan fingerprint density at radius 2 is 1.60 bits per heavy atom. The van der Waals surface area contributed by atoms with Gasteiger partial charge in [0.1, 0.15) is 5.82 Å². The standard InChI is InChI=1S/C14H7Cl2FN2O/c15-10-7-11(16)12(17)6-9(10)14-19-18-13(20-14)8-4-2-1-3-5-8/h1-7H. The molecule has 2 aromatic carbocycles. The quantitative estimate of drug-likeness (QED) is 0.635. The predicted molar refractivity (Wildman–Crippen MR) is 75.1 cm³/mol. The maximum atomic E-state index is 13.5. The van der Waals surface area contributed by atoms with Gasteiger partial charge >= 0.3 is 0 Å². The van der Waals surface area contributed by atoms with E-state index in [0.29, 0.717) is 11.5 Å². The lowest BCUT2D eigenvalue weighted by Crippen LogP contribution is -1.84. The summed E-state index contributed by atoms with van der Waals surface area (Å²) in [7, 11) is 0. The molecule has 0 unspecified atom stereocenters. The van der Waals surface area contributed by atoms with Crippen molar-refractivity contribution < 1.29 is 8.81 Å². The summed E-state index contributed by atoms with van der Waals surface area (Å²) in [6.45, 7) is 0. The van der Waals surface area contributed by atoms with Crippen molar-refractivity contribution in [3.63, 3.8) is 0 Å². The summed E-state index contributed by atoms with van der Waals surface area (Å²) in [6, 6.07) is 11.7. The fraction of sp³-hybridized carbons (Fsp3) is 0. The van der Waals surface area contributed by atoms with Crippen LogP contribution in [0, 0.1) is 5.82 Å². The van der Waals surface area contributed by atoms with Crippen LogP contribution in [0.2, 0.25) is 10.0 Å². The van der Waals surface area contributed by atoms with Gasteiger partial charge in [-0.3, -0.25) is 0 Å². The van der Waals surface area contributed by atoms with Gasteiger partial charge in [-0.05, 0) is 24.3 Å². The summed E-state index contributed by atoms with van der Waals surface area (Å²) >= 11 is 11.7. The molecule has 0 saturated heterocycles. The molecule has 0 radical (unpaired) electrons. The smallest absolute Gasteiger partial charge is 0.249 e. The molecule has 6 heteroatoms. The molecule has 0 aliphatic carbocycles. The first-order valence-electron chi connectivity index (χ1n) is 5.69. The molecule has 0 saturated carbocycles. The number of rotatable bonds is 2. The van der Waals surface area contributed by atoms with Gasteiger partial charge in [0.05, 0.1) is 15.6 Å². The van der Waals surface area contributed by atoms with Crippen LogP contribution in [0.25, 0.3) is 22.9 Å². The van der Waals surface area contributed by atoms with Gasteiger partial charge in [-0.2, -0.15) is 0 Å². The Labute approximate surface area is 124 Å². The Bertz CT molecular complexity index is 759. The molecule has 0 atom stereocenters.